The molecular formula is C21H19ClFN3O3. The first-order valence-corrected chi connectivity index (χ1v) is 9.99. The third-order valence-electron chi connectivity index (χ3n) is 6.23. The quantitative estimate of drug-likeness (QED) is 0.759. The summed E-state index contributed by atoms with van der Waals surface area (Å²) in [5, 5.41) is 6.13. The summed E-state index contributed by atoms with van der Waals surface area (Å²) in [7, 11) is 0. The van der Waals surface area contributed by atoms with Gasteiger partial charge in [0, 0.05) is 30.5 Å². The largest absolute Gasteiger partial charge is 0.484 e. The monoisotopic (exact) mass is 415 g/mol. The van der Waals surface area contributed by atoms with Gasteiger partial charge < -0.3 is 15.4 Å². The van der Waals surface area contributed by atoms with Crippen LogP contribution in [-0.4, -0.2) is 35.5 Å². The van der Waals surface area contributed by atoms with Crippen molar-refractivity contribution in [3.8, 4) is 5.75 Å². The first-order valence-electron chi connectivity index (χ1n) is 9.61. The van der Waals surface area contributed by atoms with E-state index in [9.17, 15) is 14.0 Å². The lowest BCUT2D eigenvalue weighted by Gasteiger charge is -2.36. The Morgan fingerprint density at radius 3 is 2.59 bits per heavy atom. The molecule has 6 rings (SSSR count). The molecule has 4 unspecified atom stereocenters. The van der Waals surface area contributed by atoms with Crippen molar-refractivity contribution < 1.29 is 18.7 Å². The van der Waals surface area contributed by atoms with Gasteiger partial charge in [-0.05, 0) is 54.4 Å². The molecule has 4 aliphatic rings. The molecule has 0 aliphatic heterocycles. The Bertz CT molecular complexity index is 963. The number of benzene rings is 1. The Labute approximate surface area is 171 Å². The molecule has 1 heterocycles. The molecule has 2 bridgehead atoms. The van der Waals surface area contributed by atoms with Gasteiger partial charge in [-0.25, -0.2) is 4.39 Å². The number of rotatable bonds is 6. The third kappa shape index (κ3) is 3.44. The second kappa shape index (κ2) is 6.99. The molecule has 1 aromatic heterocycles. The topological polar surface area (TPSA) is 80.3 Å². The van der Waals surface area contributed by atoms with Crippen LogP contribution < -0.4 is 15.4 Å². The van der Waals surface area contributed by atoms with Crippen molar-refractivity contribution in [2.75, 3.05) is 6.61 Å². The number of carbonyl (C=O) groups excluding carboxylic acids is 2. The van der Waals surface area contributed by atoms with Gasteiger partial charge in [0.2, 0.25) is 0 Å². The van der Waals surface area contributed by atoms with Gasteiger partial charge in [-0.2, -0.15) is 0 Å². The summed E-state index contributed by atoms with van der Waals surface area (Å²) in [5.74, 6) is 1.50. The lowest BCUT2D eigenvalue weighted by atomic mass is 9.80. The summed E-state index contributed by atoms with van der Waals surface area (Å²) in [6.07, 6.45) is 3.88. The average molecular weight is 416 g/mol. The number of halogens is 2. The maximum absolute atomic E-state index is 13.5. The van der Waals surface area contributed by atoms with Crippen molar-refractivity contribution in [1.29, 1.82) is 0 Å². The van der Waals surface area contributed by atoms with Crippen molar-refractivity contribution in [1.82, 2.24) is 15.6 Å². The second-order valence-corrected chi connectivity index (χ2v) is 8.31. The zero-order valence-corrected chi connectivity index (χ0v) is 16.1. The van der Waals surface area contributed by atoms with Crippen molar-refractivity contribution in [2.24, 2.45) is 23.7 Å². The molecule has 4 saturated carbocycles. The number of carbonyl (C=O) groups is 2. The zero-order valence-electron chi connectivity index (χ0n) is 15.3. The average Bonchev–Trinajstić information content (AvgIpc) is 3.62. The van der Waals surface area contributed by atoms with Crippen LogP contribution in [0.2, 0.25) is 5.02 Å². The molecule has 0 saturated heterocycles. The van der Waals surface area contributed by atoms with Gasteiger partial charge in [0.1, 0.15) is 11.6 Å². The Balaban J connectivity index is 1.15. The summed E-state index contributed by atoms with van der Waals surface area (Å²) in [5.41, 5.74) is 0.535. The Kier molecular flexibility index (Phi) is 4.42. The number of hydrogen-bond acceptors (Lipinski definition) is 4. The highest BCUT2D eigenvalue weighted by molar-refractivity contribution is 6.30. The minimum absolute atomic E-state index is 0.00546. The van der Waals surface area contributed by atoms with Crippen molar-refractivity contribution in [3.05, 3.63) is 59.1 Å². The van der Waals surface area contributed by atoms with E-state index in [0.29, 0.717) is 35.7 Å². The first-order chi connectivity index (χ1) is 14.0. The van der Waals surface area contributed by atoms with E-state index < -0.39 is 5.82 Å². The molecular weight excluding hydrogens is 397 g/mol. The fourth-order valence-electron chi connectivity index (χ4n) is 4.82. The van der Waals surface area contributed by atoms with Gasteiger partial charge >= 0.3 is 0 Å². The van der Waals surface area contributed by atoms with Crippen LogP contribution in [0.3, 0.4) is 0 Å². The molecule has 6 nitrogen and oxygen atoms in total. The predicted molar refractivity (Wildman–Crippen MR) is 103 cm³/mol. The Hall–Kier alpha value is -2.67. The maximum atomic E-state index is 13.5. The molecule has 0 radical (unpaired) electrons. The van der Waals surface area contributed by atoms with Crippen LogP contribution in [0.25, 0.3) is 0 Å². The molecule has 0 spiro atoms. The van der Waals surface area contributed by atoms with Crippen LogP contribution in [0, 0.1) is 29.5 Å². The summed E-state index contributed by atoms with van der Waals surface area (Å²) in [6.45, 7) is -0.199. The molecule has 4 aliphatic carbocycles. The second-order valence-electron chi connectivity index (χ2n) is 7.91. The SMILES string of the molecule is O=C(COc1ccc(Cl)c(F)c1)NC1CC(NC(=O)c2cccnc2)C2C3C1C23. The van der Waals surface area contributed by atoms with Crippen LogP contribution in [0.15, 0.2) is 42.7 Å². The number of fused-ring (bicyclic) bond motifs is 2. The number of nitrogens with zero attached hydrogens (tertiary/aromatic N) is 1. The van der Waals surface area contributed by atoms with E-state index in [1.807, 2.05) is 0 Å². The van der Waals surface area contributed by atoms with E-state index in [1.54, 1.807) is 24.5 Å². The minimum Gasteiger partial charge on any atom is -0.484 e. The molecule has 4 atom stereocenters. The molecule has 4 fully saturated rings. The summed E-state index contributed by atoms with van der Waals surface area (Å²) < 4.78 is 18.8. The fraction of sp³-hybridized carbons (Fsp3) is 0.381. The molecule has 2 aromatic rings. The normalized spacial score (nSPS) is 30.7. The summed E-state index contributed by atoms with van der Waals surface area (Å²) in [6, 6.07) is 7.60. The van der Waals surface area contributed by atoms with Gasteiger partial charge in [-0.15, -0.1) is 0 Å². The molecule has 8 heteroatoms. The van der Waals surface area contributed by atoms with E-state index in [2.05, 4.69) is 15.6 Å². The number of nitrogens with one attached hydrogen (secondary N) is 2. The lowest BCUT2D eigenvalue weighted by molar-refractivity contribution is -0.124. The first kappa shape index (κ1) is 18.4. The molecule has 2 N–H and O–H groups in total. The van der Waals surface area contributed by atoms with E-state index in [4.69, 9.17) is 16.3 Å². The fourth-order valence-corrected chi connectivity index (χ4v) is 4.94. The molecule has 2 amide bonds. The van der Waals surface area contributed by atoms with Crippen molar-refractivity contribution in [3.63, 3.8) is 0 Å². The highest BCUT2D eigenvalue weighted by Crippen LogP contribution is 2.78. The van der Waals surface area contributed by atoms with Gasteiger partial charge in [-0.1, -0.05) is 11.6 Å². The van der Waals surface area contributed by atoms with Crippen LogP contribution in [0.1, 0.15) is 16.8 Å². The number of pyridine rings is 1. The van der Waals surface area contributed by atoms with Crippen LogP contribution in [-0.2, 0) is 4.79 Å². The van der Waals surface area contributed by atoms with Crippen LogP contribution in [0.4, 0.5) is 4.39 Å². The highest BCUT2D eigenvalue weighted by Gasteiger charge is 2.79. The maximum Gasteiger partial charge on any atom is 0.258 e. The van der Waals surface area contributed by atoms with Gasteiger partial charge in [0.05, 0.1) is 10.6 Å². The summed E-state index contributed by atoms with van der Waals surface area (Å²) >= 11 is 5.64. The Morgan fingerprint density at radius 1 is 1.14 bits per heavy atom. The highest BCUT2D eigenvalue weighted by atomic mass is 35.5. The molecule has 29 heavy (non-hydrogen) atoms. The molecule has 1 aromatic carbocycles. The standard InChI is InChI=1S/C21H19ClFN3O3/c22-12-4-3-11(6-13(12)23)29-9-16(27)25-14-7-15(18-19-17(14)20(18)19)26-21(28)10-2-1-5-24-8-10/h1-6,8,14-15,17-20H,7,9H2,(H,25,27)(H,26,28). The van der Waals surface area contributed by atoms with Crippen LogP contribution in [0.5, 0.6) is 5.75 Å². The van der Waals surface area contributed by atoms with Crippen molar-refractivity contribution >= 4 is 23.4 Å². The zero-order chi connectivity index (χ0) is 20.1. The third-order valence-corrected chi connectivity index (χ3v) is 6.53. The smallest absolute Gasteiger partial charge is 0.258 e. The van der Waals surface area contributed by atoms with Gasteiger partial charge in [0.25, 0.3) is 11.8 Å². The summed E-state index contributed by atoms with van der Waals surface area (Å²) in [4.78, 5) is 28.7. The van der Waals surface area contributed by atoms with E-state index in [-0.39, 0.29) is 41.3 Å². The predicted octanol–water partition coefficient (Wildman–Crippen LogP) is 2.43. The number of hydrogen-bond donors (Lipinski definition) is 2. The van der Waals surface area contributed by atoms with Gasteiger partial charge in [0.15, 0.2) is 6.61 Å². The Morgan fingerprint density at radius 2 is 1.90 bits per heavy atom. The minimum atomic E-state index is -0.590. The number of aromatic nitrogens is 1. The van der Waals surface area contributed by atoms with Crippen LogP contribution >= 0.6 is 11.6 Å². The number of amides is 2. The number of ether oxygens (including phenoxy) is 1. The molecule has 150 valence electrons. The van der Waals surface area contributed by atoms with Gasteiger partial charge in [-0.3, -0.25) is 14.6 Å². The lowest BCUT2D eigenvalue weighted by Crippen LogP contribution is -2.53. The van der Waals surface area contributed by atoms with Crippen molar-refractivity contribution in [2.45, 2.75) is 18.5 Å². The van der Waals surface area contributed by atoms with E-state index in [0.717, 1.165) is 6.07 Å². The van der Waals surface area contributed by atoms with E-state index >= 15 is 0 Å². The van der Waals surface area contributed by atoms with E-state index in [1.165, 1.54) is 12.1 Å².